The molecule has 0 bridgehead atoms. The minimum absolute atomic E-state index is 0.355. The van der Waals surface area contributed by atoms with Crippen molar-refractivity contribution in [1.29, 1.82) is 0 Å². The molecule has 0 atom stereocenters. The second-order valence-electron chi connectivity index (χ2n) is 2.56. The lowest BCUT2D eigenvalue weighted by atomic mass is 10.1. The van der Waals surface area contributed by atoms with Crippen molar-refractivity contribution >= 4 is 24.1 Å². The SMILES string of the molecule is Cc1c(C#CCS)cnc(N)c1N. The molecule has 1 heterocycles. The molecule has 0 saturated carbocycles. The topological polar surface area (TPSA) is 64.9 Å². The highest BCUT2D eigenvalue weighted by Gasteiger charge is 2.03. The first-order valence-electron chi connectivity index (χ1n) is 3.77. The van der Waals surface area contributed by atoms with Crippen molar-refractivity contribution in [2.45, 2.75) is 6.92 Å². The first-order chi connectivity index (χ1) is 6.16. The quantitative estimate of drug-likeness (QED) is 0.422. The Bertz CT molecular complexity index is 376. The second-order valence-corrected chi connectivity index (χ2v) is 2.87. The molecule has 0 unspecified atom stereocenters. The highest BCUT2D eigenvalue weighted by atomic mass is 32.1. The van der Waals surface area contributed by atoms with Crippen LogP contribution in [0.3, 0.4) is 0 Å². The van der Waals surface area contributed by atoms with E-state index in [9.17, 15) is 0 Å². The third-order valence-electron chi connectivity index (χ3n) is 1.72. The Morgan fingerprint density at radius 2 is 2.23 bits per heavy atom. The molecule has 0 aliphatic carbocycles. The lowest BCUT2D eigenvalue weighted by Gasteiger charge is -2.04. The summed E-state index contributed by atoms with van der Waals surface area (Å²) in [6.07, 6.45) is 1.62. The van der Waals surface area contributed by atoms with Gasteiger partial charge in [0.05, 0.1) is 11.4 Å². The van der Waals surface area contributed by atoms with E-state index in [1.54, 1.807) is 6.20 Å². The van der Waals surface area contributed by atoms with Crippen LogP contribution < -0.4 is 11.5 Å². The number of hydrogen-bond acceptors (Lipinski definition) is 4. The first kappa shape index (κ1) is 9.75. The maximum absolute atomic E-state index is 5.68. The summed E-state index contributed by atoms with van der Waals surface area (Å²) in [5, 5.41) is 0. The molecule has 0 amide bonds. The van der Waals surface area contributed by atoms with Crippen LogP contribution in [0.25, 0.3) is 0 Å². The number of hydrogen-bond donors (Lipinski definition) is 3. The van der Waals surface area contributed by atoms with Gasteiger partial charge in [0, 0.05) is 11.8 Å². The number of anilines is 2. The summed E-state index contributed by atoms with van der Waals surface area (Å²) in [5.74, 6) is 6.61. The third-order valence-corrected chi connectivity index (χ3v) is 1.88. The van der Waals surface area contributed by atoms with Gasteiger partial charge in [0.25, 0.3) is 0 Å². The highest BCUT2D eigenvalue weighted by Crippen LogP contribution is 2.19. The molecule has 0 aliphatic heterocycles. The molecule has 0 aromatic carbocycles. The molecular weight excluding hydrogens is 182 g/mol. The lowest BCUT2D eigenvalue weighted by Crippen LogP contribution is -2.01. The predicted octanol–water partition coefficient (Wildman–Crippen LogP) is 0.836. The molecule has 0 spiro atoms. The number of thiol groups is 1. The molecule has 4 heteroatoms. The summed E-state index contributed by atoms with van der Waals surface area (Å²) in [4.78, 5) is 3.92. The molecule has 1 rings (SSSR count). The summed E-state index contributed by atoms with van der Waals surface area (Å²) in [6, 6.07) is 0. The van der Waals surface area contributed by atoms with Crippen LogP contribution in [0.5, 0.6) is 0 Å². The molecule has 0 fully saturated rings. The van der Waals surface area contributed by atoms with E-state index in [1.165, 1.54) is 0 Å². The summed E-state index contributed by atoms with van der Waals surface area (Å²) < 4.78 is 0. The van der Waals surface area contributed by atoms with Crippen LogP contribution in [0.2, 0.25) is 0 Å². The van der Waals surface area contributed by atoms with Crippen molar-refractivity contribution < 1.29 is 0 Å². The van der Waals surface area contributed by atoms with Crippen molar-refractivity contribution in [2.75, 3.05) is 17.2 Å². The monoisotopic (exact) mass is 193 g/mol. The Hall–Kier alpha value is -1.34. The Morgan fingerprint density at radius 3 is 2.85 bits per heavy atom. The normalized spacial score (nSPS) is 9.08. The zero-order valence-corrected chi connectivity index (χ0v) is 8.23. The van der Waals surface area contributed by atoms with Gasteiger partial charge in [-0.05, 0) is 12.5 Å². The Labute approximate surface area is 82.9 Å². The molecule has 0 radical (unpaired) electrons. The minimum atomic E-state index is 0.355. The van der Waals surface area contributed by atoms with E-state index < -0.39 is 0 Å². The Kier molecular flexibility index (Phi) is 3.04. The van der Waals surface area contributed by atoms with E-state index in [0.717, 1.165) is 11.1 Å². The molecular formula is C9H11N3S. The standard InChI is InChI=1S/C9H11N3S/c1-6-7(3-2-4-13)5-12-9(11)8(6)10/h5,13H,4,10H2,1H3,(H2,11,12). The minimum Gasteiger partial charge on any atom is -0.395 e. The van der Waals surface area contributed by atoms with Crippen LogP contribution in [0, 0.1) is 18.8 Å². The molecule has 0 saturated heterocycles. The Balaban J connectivity index is 3.18. The third kappa shape index (κ3) is 2.07. The fourth-order valence-corrected chi connectivity index (χ4v) is 0.977. The largest absolute Gasteiger partial charge is 0.395 e. The van der Waals surface area contributed by atoms with Crippen LogP contribution in [0.15, 0.2) is 6.20 Å². The number of aromatic nitrogens is 1. The van der Waals surface area contributed by atoms with Crippen molar-refractivity contribution in [2.24, 2.45) is 0 Å². The Morgan fingerprint density at radius 1 is 1.54 bits per heavy atom. The van der Waals surface area contributed by atoms with Gasteiger partial charge in [0.15, 0.2) is 0 Å². The zero-order valence-electron chi connectivity index (χ0n) is 7.33. The number of nitrogens with zero attached hydrogens (tertiary/aromatic N) is 1. The highest BCUT2D eigenvalue weighted by molar-refractivity contribution is 7.80. The number of pyridine rings is 1. The fourth-order valence-electron chi connectivity index (χ4n) is 0.898. The average molecular weight is 193 g/mol. The molecule has 0 aliphatic rings. The van der Waals surface area contributed by atoms with E-state index in [4.69, 9.17) is 11.5 Å². The summed E-state index contributed by atoms with van der Waals surface area (Å²) in [5.41, 5.74) is 13.4. The van der Waals surface area contributed by atoms with Gasteiger partial charge in [0.2, 0.25) is 0 Å². The van der Waals surface area contributed by atoms with Gasteiger partial charge in [-0.2, -0.15) is 12.6 Å². The van der Waals surface area contributed by atoms with Gasteiger partial charge in [-0.25, -0.2) is 4.98 Å². The van der Waals surface area contributed by atoms with Crippen LogP contribution in [-0.2, 0) is 0 Å². The van der Waals surface area contributed by atoms with Crippen molar-refractivity contribution in [3.05, 3.63) is 17.3 Å². The van der Waals surface area contributed by atoms with Crippen molar-refractivity contribution in [3.63, 3.8) is 0 Å². The summed E-state index contributed by atoms with van der Waals surface area (Å²) in [6.45, 7) is 1.87. The zero-order chi connectivity index (χ0) is 9.84. The van der Waals surface area contributed by atoms with Gasteiger partial charge < -0.3 is 11.5 Å². The molecule has 4 N–H and O–H groups in total. The lowest BCUT2D eigenvalue weighted by molar-refractivity contribution is 1.28. The number of nitrogens with two attached hydrogens (primary N) is 2. The van der Waals surface area contributed by atoms with Gasteiger partial charge in [-0.15, -0.1) is 0 Å². The van der Waals surface area contributed by atoms with E-state index >= 15 is 0 Å². The van der Waals surface area contributed by atoms with E-state index in [-0.39, 0.29) is 0 Å². The van der Waals surface area contributed by atoms with E-state index in [1.807, 2.05) is 6.92 Å². The molecule has 1 aromatic heterocycles. The van der Waals surface area contributed by atoms with Crippen molar-refractivity contribution in [1.82, 2.24) is 4.98 Å². The number of rotatable bonds is 0. The fraction of sp³-hybridized carbons (Fsp3) is 0.222. The van der Waals surface area contributed by atoms with Gasteiger partial charge >= 0.3 is 0 Å². The predicted molar refractivity (Wildman–Crippen MR) is 58.5 cm³/mol. The van der Waals surface area contributed by atoms with Crippen molar-refractivity contribution in [3.8, 4) is 11.8 Å². The second kappa shape index (κ2) is 4.06. The van der Waals surface area contributed by atoms with E-state index in [2.05, 4.69) is 29.5 Å². The van der Waals surface area contributed by atoms with Crippen LogP contribution in [-0.4, -0.2) is 10.7 Å². The first-order valence-corrected chi connectivity index (χ1v) is 4.40. The maximum atomic E-state index is 5.68. The molecule has 1 aromatic rings. The average Bonchev–Trinajstić information content (AvgIpc) is 2.13. The molecule has 13 heavy (non-hydrogen) atoms. The summed E-state index contributed by atoms with van der Waals surface area (Å²) >= 11 is 3.98. The van der Waals surface area contributed by atoms with E-state index in [0.29, 0.717) is 17.3 Å². The molecule has 68 valence electrons. The van der Waals surface area contributed by atoms with Crippen LogP contribution >= 0.6 is 12.6 Å². The maximum Gasteiger partial charge on any atom is 0.146 e. The smallest absolute Gasteiger partial charge is 0.146 e. The molecule has 3 nitrogen and oxygen atoms in total. The number of nitrogen functional groups attached to an aromatic ring is 2. The summed E-state index contributed by atoms with van der Waals surface area (Å²) in [7, 11) is 0. The van der Waals surface area contributed by atoms with Gasteiger partial charge in [0.1, 0.15) is 5.82 Å². The van der Waals surface area contributed by atoms with Gasteiger partial charge in [-0.3, -0.25) is 0 Å². The van der Waals surface area contributed by atoms with Crippen LogP contribution in [0.1, 0.15) is 11.1 Å². The van der Waals surface area contributed by atoms with Gasteiger partial charge in [-0.1, -0.05) is 11.8 Å². The van der Waals surface area contributed by atoms with Crippen LogP contribution in [0.4, 0.5) is 11.5 Å².